The summed E-state index contributed by atoms with van der Waals surface area (Å²) in [5.41, 5.74) is 0. The summed E-state index contributed by atoms with van der Waals surface area (Å²) in [5.74, 6) is 2.23. The Balaban J connectivity index is 1.89. The fraction of sp³-hybridized carbons (Fsp3) is 0.857. The number of ether oxygens (including phenoxy) is 1. The second-order valence-electron chi connectivity index (χ2n) is 6.22. The van der Waals surface area contributed by atoms with Crippen molar-refractivity contribution in [3.05, 3.63) is 12.2 Å². The maximum atomic E-state index is 6.01. The molecule has 2 fully saturated rings. The molecule has 2 saturated heterocycles. The second-order valence-corrected chi connectivity index (χ2v) is 6.22. The number of hydrogen-bond acceptors (Lipinski definition) is 2. The van der Waals surface area contributed by atoms with Crippen LogP contribution in [-0.4, -0.2) is 35.7 Å². The van der Waals surface area contributed by atoms with E-state index >= 15 is 0 Å². The van der Waals surface area contributed by atoms with E-state index in [0.717, 1.165) is 17.8 Å². The zero-order valence-electron chi connectivity index (χ0n) is 10.8. The van der Waals surface area contributed by atoms with Crippen LogP contribution in [0.5, 0.6) is 0 Å². The molecular weight excluding hydrogens is 198 g/mol. The lowest BCUT2D eigenvalue weighted by Crippen LogP contribution is -2.43. The van der Waals surface area contributed by atoms with Crippen molar-refractivity contribution < 1.29 is 4.74 Å². The molecule has 5 unspecified atom stereocenters. The van der Waals surface area contributed by atoms with Gasteiger partial charge in [0.1, 0.15) is 0 Å². The number of hydrogen-bond donors (Lipinski definition) is 0. The topological polar surface area (TPSA) is 12.5 Å². The molecule has 3 heterocycles. The van der Waals surface area contributed by atoms with Crippen LogP contribution in [0.4, 0.5) is 0 Å². The SMILES string of the molecule is CC(C)C1C2C3C=CC(O3)C2CN1C(C)C. The fourth-order valence-electron chi connectivity index (χ4n) is 4.06. The van der Waals surface area contributed by atoms with Gasteiger partial charge in [-0.2, -0.15) is 0 Å². The summed E-state index contributed by atoms with van der Waals surface area (Å²) in [6.07, 6.45) is 5.41. The van der Waals surface area contributed by atoms with Gasteiger partial charge in [0.05, 0.1) is 12.2 Å². The molecule has 90 valence electrons. The predicted molar refractivity (Wildman–Crippen MR) is 65.2 cm³/mol. The Morgan fingerprint density at radius 3 is 2.44 bits per heavy atom. The summed E-state index contributed by atoms with van der Waals surface area (Å²) in [4.78, 5) is 2.70. The Morgan fingerprint density at radius 2 is 1.81 bits per heavy atom. The number of rotatable bonds is 2. The van der Waals surface area contributed by atoms with Gasteiger partial charge in [0.25, 0.3) is 0 Å². The highest BCUT2D eigenvalue weighted by molar-refractivity contribution is 5.20. The third kappa shape index (κ3) is 1.32. The molecule has 0 spiro atoms. The van der Waals surface area contributed by atoms with Crippen molar-refractivity contribution in [3.63, 3.8) is 0 Å². The molecule has 0 aromatic carbocycles. The quantitative estimate of drug-likeness (QED) is 0.663. The lowest BCUT2D eigenvalue weighted by molar-refractivity contribution is 0.0499. The molecule has 0 aliphatic carbocycles. The van der Waals surface area contributed by atoms with Crippen molar-refractivity contribution >= 4 is 0 Å². The standard InChI is InChI=1S/C14H23NO/c1-8(2)14-13-10(7-15(14)9(3)4)11-5-6-12(13)16-11/h5-6,8-14H,7H2,1-4H3. The molecule has 3 aliphatic heterocycles. The highest BCUT2D eigenvalue weighted by atomic mass is 16.5. The minimum Gasteiger partial charge on any atom is -0.366 e. The number of likely N-dealkylation sites (tertiary alicyclic amines) is 1. The first-order valence-electron chi connectivity index (χ1n) is 6.69. The van der Waals surface area contributed by atoms with Crippen LogP contribution in [0.25, 0.3) is 0 Å². The van der Waals surface area contributed by atoms with Crippen LogP contribution in [0.2, 0.25) is 0 Å². The van der Waals surface area contributed by atoms with E-state index in [2.05, 4.69) is 44.7 Å². The highest BCUT2D eigenvalue weighted by Crippen LogP contribution is 2.49. The Hall–Kier alpha value is -0.340. The van der Waals surface area contributed by atoms with Gasteiger partial charge in [0.15, 0.2) is 0 Å². The molecule has 3 rings (SSSR count). The van der Waals surface area contributed by atoms with E-state index in [-0.39, 0.29) is 0 Å². The molecule has 0 radical (unpaired) electrons. The first kappa shape index (κ1) is 10.8. The molecule has 2 heteroatoms. The number of fused-ring (bicyclic) bond motifs is 5. The molecule has 0 N–H and O–H groups in total. The van der Waals surface area contributed by atoms with Gasteiger partial charge < -0.3 is 4.74 Å². The summed E-state index contributed by atoms with van der Waals surface area (Å²) < 4.78 is 6.01. The molecule has 0 aromatic heterocycles. The molecule has 0 amide bonds. The first-order valence-corrected chi connectivity index (χ1v) is 6.69. The minimum absolute atomic E-state index is 0.408. The third-order valence-electron chi connectivity index (χ3n) is 4.65. The van der Waals surface area contributed by atoms with Gasteiger partial charge in [0, 0.05) is 30.5 Å². The molecule has 3 aliphatic rings. The maximum Gasteiger partial charge on any atom is 0.0812 e. The summed E-state index contributed by atoms with van der Waals surface area (Å²) in [5, 5.41) is 0. The van der Waals surface area contributed by atoms with Crippen molar-refractivity contribution in [2.75, 3.05) is 6.54 Å². The summed E-state index contributed by atoms with van der Waals surface area (Å²) in [6, 6.07) is 1.38. The molecule has 0 aromatic rings. The van der Waals surface area contributed by atoms with Gasteiger partial charge in [-0.25, -0.2) is 0 Å². The maximum absolute atomic E-state index is 6.01. The van der Waals surface area contributed by atoms with Crippen LogP contribution in [0, 0.1) is 17.8 Å². The Morgan fingerprint density at radius 1 is 1.12 bits per heavy atom. The summed E-state index contributed by atoms with van der Waals surface area (Å²) >= 11 is 0. The lowest BCUT2D eigenvalue weighted by Gasteiger charge is -2.35. The number of nitrogens with zero attached hydrogens (tertiary/aromatic N) is 1. The average molecular weight is 221 g/mol. The van der Waals surface area contributed by atoms with Crippen LogP contribution >= 0.6 is 0 Å². The van der Waals surface area contributed by atoms with Gasteiger partial charge in [0.2, 0.25) is 0 Å². The van der Waals surface area contributed by atoms with E-state index in [0.29, 0.717) is 24.3 Å². The van der Waals surface area contributed by atoms with Gasteiger partial charge in [-0.15, -0.1) is 0 Å². The Kier molecular flexibility index (Phi) is 2.41. The smallest absolute Gasteiger partial charge is 0.0812 e. The molecule has 2 nitrogen and oxygen atoms in total. The Labute approximate surface area is 98.6 Å². The van der Waals surface area contributed by atoms with E-state index < -0.39 is 0 Å². The van der Waals surface area contributed by atoms with E-state index in [9.17, 15) is 0 Å². The minimum atomic E-state index is 0.408. The van der Waals surface area contributed by atoms with Crippen molar-refractivity contribution in [3.8, 4) is 0 Å². The van der Waals surface area contributed by atoms with Crippen molar-refractivity contribution in [1.82, 2.24) is 4.90 Å². The van der Waals surface area contributed by atoms with Gasteiger partial charge in [-0.3, -0.25) is 4.90 Å². The van der Waals surface area contributed by atoms with Crippen molar-refractivity contribution in [2.24, 2.45) is 17.8 Å². The van der Waals surface area contributed by atoms with Crippen LogP contribution < -0.4 is 0 Å². The molecule has 2 bridgehead atoms. The summed E-state index contributed by atoms with van der Waals surface area (Å²) in [7, 11) is 0. The molecule has 16 heavy (non-hydrogen) atoms. The van der Waals surface area contributed by atoms with E-state index in [1.54, 1.807) is 0 Å². The highest BCUT2D eigenvalue weighted by Gasteiger charge is 2.56. The van der Waals surface area contributed by atoms with E-state index in [4.69, 9.17) is 4.74 Å². The Bertz CT molecular complexity index is 310. The molecular formula is C14H23NO. The largest absolute Gasteiger partial charge is 0.366 e. The van der Waals surface area contributed by atoms with Crippen LogP contribution in [0.1, 0.15) is 27.7 Å². The van der Waals surface area contributed by atoms with Gasteiger partial charge in [-0.1, -0.05) is 26.0 Å². The third-order valence-corrected chi connectivity index (χ3v) is 4.65. The summed E-state index contributed by atoms with van der Waals surface area (Å²) in [6.45, 7) is 10.6. The van der Waals surface area contributed by atoms with Crippen LogP contribution in [-0.2, 0) is 4.74 Å². The first-order chi connectivity index (χ1) is 7.59. The van der Waals surface area contributed by atoms with E-state index in [1.165, 1.54) is 6.54 Å². The van der Waals surface area contributed by atoms with Crippen molar-refractivity contribution in [1.29, 1.82) is 0 Å². The van der Waals surface area contributed by atoms with E-state index in [1.807, 2.05) is 0 Å². The monoisotopic (exact) mass is 221 g/mol. The van der Waals surface area contributed by atoms with Crippen molar-refractivity contribution in [2.45, 2.75) is 52.0 Å². The van der Waals surface area contributed by atoms with Gasteiger partial charge in [-0.05, 0) is 19.8 Å². The molecule has 5 atom stereocenters. The lowest BCUT2D eigenvalue weighted by atomic mass is 9.78. The normalized spacial score (nSPS) is 46.2. The fourth-order valence-corrected chi connectivity index (χ4v) is 4.06. The predicted octanol–water partition coefficient (Wildman–Crippen LogP) is 2.30. The van der Waals surface area contributed by atoms with Crippen LogP contribution in [0.3, 0.4) is 0 Å². The zero-order valence-corrected chi connectivity index (χ0v) is 10.8. The second kappa shape index (κ2) is 3.58. The van der Waals surface area contributed by atoms with Crippen LogP contribution in [0.15, 0.2) is 12.2 Å². The molecule has 0 saturated carbocycles. The van der Waals surface area contributed by atoms with Gasteiger partial charge >= 0.3 is 0 Å². The average Bonchev–Trinajstić information content (AvgIpc) is 2.87. The zero-order chi connectivity index (χ0) is 11.4.